The second-order valence-electron chi connectivity index (χ2n) is 8.29. The highest BCUT2D eigenvalue weighted by molar-refractivity contribution is 7.92. The van der Waals surface area contributed by atoms with Crippen LogP contribution in [-0.2, 0) is 10.0 Å². The molecule has 0 bridgehead atoms. The lowest BCUT2D eigenvalue weighted by atomic mass is 10.1. The van der Waals surface area contributed by atoms with E-state index in [2.05, 4.69) is 16.0 Å². The number of amides is 2. The molecule has 2 amide bonds. The molecule has 0 unspecified atom stereocenters. The van der Waals surface area contributed by atoms with Gasteiger partial charge in [-0.25, -0.2) is 22.3 Å². The van der Waals surface area contributed by atoms with Crippen LogP contribution < -0.4 is 26.2 Å². The van der Waals surface area contributed by atoms with Crippen molar-refractivity contribution in [1.82, 2.24) is 9.29 Å². The third-order valence-electron chi connectivity index (χ3n) is 5.68. The number of aromatic nitrogens is 1. The summed E-state index contributed by atoms with van der Waals surface area (Å²) in [6.07, 6.45) is 3.35. The van der Waals surface area contributed by atoms with Crippen LogP contribution in [0.15, 0.2) is 63.7 Å². The average molecular weight is 578 g/mol. The second kappa shape index (κ2) is 11.4. The van der Waals surface area contributed by atoms with Gasteiger partial charge in [-0.3, -0.25) is 9.36 Å². The van der Waals surface area contributed by atoms with Crippen LogP contribution in [0, 0.1) is 5.82 Å². The third kappa shape index (κ3) is 5.93. The molecule has 0 aliphatic heterocycles. The van der Waals surface area contributed by atoms with E-state index < -0.39 is 27.4 Å². The molecule has 0 fully saturated rings. The number of carbonyl (C=O) groups excluding carboxylic acids is 1. The number of halogens is 2. The van der Waals surface area contributed by atoms with Crippen molar-refractivity contribution in [3.63, 3.8) is 0 Å². The Morgan fingerprint density at radius 1 is 1.08 bits per heavy atom. The van der Waals surface area contributed by atoms with Crippen molar-refractivity contribution in [3.8, 4) is 5.69 Å². The molecule has 2 aromatic carbocycles. The normalized spacial score (nSPS) is 11.4. The Hall–Kier alpha value is -3.61. The van der Waals surface area contributed by atoms with E-state index in [0.29, 0.717) is 29.0 Å². The molecule has 0 atom stereocenters. The van der Waals surface area contributed by atoms with Gasteiger partial charge >= 0.3 is 6.03 Å². The van der Waals surface area contributed by atoms with Crippen LogP contribution in [0.5, 0.6) is 0 Å². The minimum Gasteiger partial charge on any atom is -0.386 e. The van der Waals surface area contributed by atoms with Crippen molar-refractivity contribution in [2.24, 2.45) is 0 Å². The van der Waals surface area contributed by atoms with Crippen LogP contribution in [0.3, 0.4) is 0 Å². The lowest BCUT2D eigenvalue weighted by Gasteiger charge is -2.16. The monoisotopic (exact) mass is 577 g/mol. The minimum absolute atomic E-state index is 0.0942. The molecule has 0 saturated heterocycles. The van der Waals surface area contributed by atoms with Crippen LogP contribution >= 0.6 is 22.9 Å². The highest BCUT2D eigenvalue weighted by atomic mass is 35.5. The number of fused-ring (bicyclic) bond motifs is 1. The summed E-state index contributed by atoms with van der Waals surface area (Å²) >= 11 is 6.64. The summed E-state index contributed by atoms with van der Waals surface area (Å²) in [6.45, 7) is 2.60. The van der Waals surface area contributed by atoms with E-state index in [1.54, 1.807) is 43.6 Å². The number of nitrogens with one attached hydrogen (secondary N) is 4. The predicted molar refractivity (Wildman–Crippen MR) is 151 cm³/mol. The van der Waals surface area contributed by atoms with Gasteiger partial charge in [-0.15, -0.1) is 11.3 Å². The van der Waals surface area contributed by atoms with E-state index in [1.807, 2.05) is 11.6 Å². The topological polar surface area (TPSA) is 121 Å². The molecule has 200 valence electrons. The van der Waals surface area contributed by atoms with E-state index in [4.69, 9.17) is 11.6 Å². The standard InChI is InChI=1S/C25H25ClFN5O4S2/c1-3-4-10-29-21-13-16(32-11-9-15-12-20(28-2)18(27)14-17(15)24(32)33)5-6-19(21)30-25(34)31-38(35,36)23-8-7-22(26)37-23/h5-9,11-14,28-29H,3-4,10H2,1-2H3,(H2,30,31,34). The van der Waals surface area contributed by atoms with Crippen LogP contribution in [0.2, 0.25) is 4.34 Å². The van der Waals surface area contributed by atoms with Gasteiger partial charge in [-0.2, -0.15) is 0 Å². The number of anilines is 3. The van der Waals surface area contributed by atoms with Gasteiger partial charge in [0.1, 0.15) is 10.0 Å². The first-order chi connectivity index (χ1) is 18.1. The van der Waals surface area contributed by atoms with Crippen LogP contribution in [0.25, 0.3) is 16.5 Å². The fraction of sp³-hybridized carbons (Fsp3) is 0.200. The molecule has 0 spiro atoms. The minimum atomic E-state index is -4.11. The molecule has 2 aromatic heterocycles. The Morgan fingerprint density at radius 3 is 2.55 bits per heavy atom. The van der Waals surface area contributed by atoms with Gasteiger partial charge in [0, 0.05) is 19.8 Å². The lowest BCUT2D eigenvalue weighted by molar-refractivity contribution is 0.256. The number of thiophene rings is 1. The summed E-state index contributed by atoms with van der Waals surface area (Å²) in [5, 5.41) is 9.32. The molecule has 0 radical (unpaired) electrons. The molecule has 2 heterocycles. The predicted octanol–water partition coefficient (Wildman–Crippen LogP) is 5.61. The summed E-state index contributed by atoms with van der Waals surface area (Å²) in [5.41, 5.74) is 1.13. The van der Waals surface area contributed by atoms with Crippen LogP contribution in [0.4, 0.5) is 26.2 Å². The maximum absolute atomic E-state index is 14.4. The zero-order chi connectivity index (χ0) is 27.4. The maximum atomic E-state index is 14.4. The molecule has 0 aliphatic carbocycles. The summed E-state index contributed by atoms with van der Waals surface area (Å²) in [5.74, 6) is -0.540. The molecule has 4 rings (SSSR count). The summed E-state index contributed by atoms with van der Waals surface area (Å²) in [6, 6.07) is 11.1. The van der Waals surface area contributed by atoms with Crippen molar-refractivity contribution in [2.75, 3.05) is 29.5 Å². The number of carbonyl (C=O) groups is 1. The number of benzene rings is 2. The molecule has 13 heteroatoms. The maximum Gasteiger partial charge on any atom is 0.333 e. The lowest BCUT2D eigenvalue weighted by Crippen LogP contribution is -2.34. The summed E-state index contributed by atoms with van der Waals surface area (Å²) in [7, 11) is -2.51. The molecular formula is C25H25ClFN5O4S2. The van der Waals surface area contributed by atoms with Gasteiger partial charge in [0.25, 0.3) is 15.6 Å². The van der Waals surface area contributed by atoms with E-state index in [1.165, 1.54) is 22.8 Å². The number of rotatable bonds is 9. The Kier molecular flexibility index (Phi) is 8.24. The number of hydrogen-bond donors (Lipinski definition) is 4. The number of hydrogen-bond acceptors (Lipinski definition) is 7. The van der Waals surface area contributed by atoms with Crippen molar-refractivity contribution in [3.05, 3.63) is 75.2 Å². The molecule has 38 heavy (non-hydrogen) atoms. The first-order valence-electron chi connectivity index (χ1n) is 11.6. The Labute approximate surface area is 227 Å². The SMILES string of the molecule is CCCCNc1cc(-n2ccc3cc(NC)c(F)cc3c2=O)ccc1NC(=O)NS(=O)(=O)c1ccc(Cl)s1. The fourth-order valence-electron chi connectivity index (χ4n) is 3.76. The average Bonchev–Trinajstić information content (AvgIpc) is 3.32. The van der Waals surface area contributed by atoms with Crippen molar-refractivity contribution in [1.29, 1.82) is 0 Å². The molecule has 4 N–H and O–H groups in total. The van der Waals surface area contributed by atoms with Crippen molar-refractivity contribution < 1.29 is 17.6 Å². The van der Waals surface area contributed by atoms with Gasteiger partial charge in [0.2, 0.25) is 0 Å². The van der Waals surface area contributed by atoms with Gasteiger partial charge in [0.15, 0.2) is 0 Å². The first kappa shape index (κ1) is 27.4. The smallest absolute Gasteiger partial charge is 0.333 e. The Morgan fingerprint density at radius 2 is 1.87 bits per heavy atom. The Bertz CT molecular complexity index is 1670. The van der Waals surface area contributed by atoms with Crippen LogP contribution in [0.1, 0.15) is 19.8 Å². The number of unbranched alkanes of at least 4 members (excludes halogenated alkanes) is 1. The number of nitrogens with zero attached hydrogens (tertiary/aromatic N) is 1. The van der Waals surface area contributed by atoms with E-state index in [9.17, 15) is 22.4 Å². The highest BCUT2D eigenvalue weighted by Crippen LogP contribution is 2.28. The third-order valence-corrected chi connectivity index (χ3v) is 8.73. The van der Waals surface area contributed by atoms with E-state index in [-0.39, 0.29) is 19.6 Å². The zero-order valence-corrected chi connectivity index (χ0v) is 22.9. The molecule has 0 saturated carbocycles. The quantitative estimate of drug-likeness (QED) is 0.192. The van der Waals surface area contributed by atoms with Crippen LogP contribution in [-0.4, -0.2) is 32.6 Å². The largest absolute Gasteiger partial charge is 0.386 e. The second-order valence-corrected chi connectivity index (χ2v) is 11.9. The van der Waals surface area contributed by atoms with Crippen molar-refractivity contribution in [2.45, 2.75) is 24.0 Å². The number of pyridine rings is 1. The van der Waals surface area contributed by atoms with Gasteiger partial charge in [-0.1, -0.05) is 24.9 Å². The molecule has 4 aromatic rings. The summed E-state index contributed by atoms with van der Waals surface area (Å²) < 4.78 is 42.9. The molecule has 0 aliphatic rings. The van der Waals surface area contributed by atoms with Gasteiger partial charge < -0.3 is 16.0 Å². The summed E-state index contributed by atoms with van der Waals surface area (Å²) in [4.78, 5) is 25.8. The van der Waals surface area contributed by atoms with Crippen molar-refractivity contribution >= 4 is 66.8 Å². The molecule has 9 nitrogen and oxygen atoms in total. The molecular weight excluding hydrogens is 553 g/mol. The first-order valence-corrected chi connectivity index (χ1v) is 14.3. The Balaban J connectivity index is 1.66. The van der Waals surface area contributed by atoms with Gasteiger partial charge in [-0.05, 0) is 60.3 Å². The van der Waals surface area contributed by atoms with Gasteiger partial charge in [0.05, 0.1) is 32.5 Å². The number of sulfonamides is 1. The van der Waals surface area contributed by atoms with E-state index in [0.717, 1.165) is 24.2 Å². The fourth-order valence-corrected chi connectivity index (χ4v) is 6.15. The van der Waals surface area contributed by atoms with E-state index >= 15 is 0 Å². The number of urea groups is 1. The highest BCUT2D eigenvalue weighted by Gasteiger charge is 2.21. The zero-order valence-electron chi connectivity index (χ0n) is 20.5.